The molecule has 1 aliphatic heterocycles. The molecule has 3 rings (SSSR count). The minimum absolute atomic E-state index is 0.0324. The summed E-state index contributed by atoms with van der Waals surface area (Å²) in [6.07, 6.45) is 0. The van der Waals surface area contributed by atoms with Crippen molar-refractivity contribution in [2.75, 3.05) is 61.2 Å². The standard InChI is InChI=1S/C18H28N6O3/c1-22-7-9-23(10-8-22)17(18-19-20-21-24(18)11-12-25-2)15-13-14(26-3)5-6-16(15)27-4/h5-6,13,17H,7-12H2,1-4H3/p+2/t17-/m0/s1. The van der Waals surface area contributed by atoms with Crippen LogP contribution in [0.1, 0.15) is 17.4 Å². The topological polar surface area (TPSA) is 80.2 Å². The zero-order valence-electron chi connectivity index (χ0n) is 16.6. The Balaban J connectivity index is 2.05. The smallest absolute Gasteiger partial charge is 0.214 e. The zero-order chi connectivity index (χ0) is 19.2. The van der Waals surface area contributed by atoms with Crippen molar-refractivity contribution in [1.29, 1.82) is 0 Å². The lowest BCUT2D eigenvalue weighted by Crippen LogP contribution is -3.27. The molecule has 9 heteroatoms. The number of nitrogens with one attached hydrogen (secondary N) is 2. The minimum Gasteiger partial charge on any atom is -0.497 e. The van der Waals surface area contributed by atoms with E-state index in [9.17, 15) is 0 Å². The largest absolute Gasteiger partial charge is 0.497 e. The number of hydrogen-bond donors (Lipinski definition) is 2. The first kappa shape index (κ1) is 19.5. The quantitative estimate of drug-likeness (QED) is 0.545. The van der Waals surface area contributed by atoms with E-state index in [1.165, 1.54) is 4.90 Å². The van der Waals surface area contributed by atoms with Gasteiger partial charge in [-0.25, -0.2) is 4.68 Å². The summed E-state index contributed by atoms with van der Waals surface area (Å²) in [6, 6.07) is 5.87. The van der Waals surface area contributed by atoms with E-state index < -0.39 is 0 Å². The second-order valence-electron chi connectivity index (χ2n) is 6.91. The number of methoxy groups -OCH3 is 3. The highest BCUT2D eigenvalue weighted by molar-refractivity contribution is 5.43. The monoisotopic (exact) mass is 378 g/mol. The molecule has 1 atom stereocenters. The molecule has 9 nitrogen and oxygen atoms in total. The fraction of sp³-hybridized carbons (Fsp3) is 0.611. The van der Waals surface area contributed by atoms with Gasteiger partial charge in [0, 0.05) is 7.11 Å². The minimum atomic E-state index is -0.0324. The molecule has 0 saturated carbocycles. The summed E-state index contributed by atoms with van der Waals surface area (Å²) in [4.78, 5) is 2.98. The Bertz CT molecular complexity index is 730. The van der Waals surface area contributed by atoms with Gasteiger partial charge >= 0.3 is 0 Å². The maximum Gasteiger partial charge on any atom is 0.214 e. The number of hydrogen-bond acceptors (Lipinski definition) is 6. The summed E-state index contributed by atoms with van der Waals surface area (Å²) in [7, 11) is 7.29. The second-order valence-corrected chi connectivity index (χ2v) is 6.91. The lowest BCUT2D eigenvalue weighted by molar-refractivity contribution is -1.02. The molecule has 1 aromatic carbocycles. The van der Waals surface area contributed by atoms with Crippen molar-refractivity contribution in [1.82, 2.24) is 20.2 Å². The first-order valence-electron chi connectivity index (χ1n) is 9.30. The van der Waals surface area contributed by atoms with Gasteiger partial charge < -0.3 is 24.0 Å². The SMILES string of the molecule is COCCn1nnnc1[C@H](c1cc(OC)ccc1OC)[NH+]1CC[NH+](C)CC1. The summed E-state index contributed by atoms with van der Waals surface area (Å²) in [5.74, 6) is 2.44. The number of nitrogens with zero attached hydrogens (tertiary/aromatic N) is 4. The number of likely N-dealkylation sites (N-methyl/N-ethyl adjacent to an activating group) is 1. The molecular weight excluding hydrogens is 348 g/mol. The number of tetrazole rings is 1. The molecule has 148 valence electrons. The van der Waals surface area contributed by atoms with Crippen LogP contribution in [0.25, 0.3) is 0 Å². The van der Waals surface area contributed by atoms with E-state index in [0.717, 1.165) is 49.1 Å². The molecule has 2 heterocycles. The summed E-state index contributed by atoms with van der Waals surface area (Å²) in [5, 5.41) is 12.5. The van der Waals surface area contributed by atoms with Crippen LogP contribution < -0.4 is 19.3 Å². The van der Waals surface area contributed by atoms with Gasteiger partial charge in [-0.15, -0.1) is 5.10 Å². The molecule has 1 aliphatic rings. The fourth-order valence-electron chi connectivity index (χ4n) is 3.65. The van der Waals surface area contributed by atoms with Gasteiger partial charge in [-0.1, -0.05) is 0 Å². The van der Waals surface area contributed by atoms with Crippen molar-refractivity contribution >= 4 is 0 Å². The Morgan fingerprint density at radius 2 is 1.89 bits per heavy atom. The first-order valence-corrected chi connectivity index (χ1v) is 9.30. The van der Waals surface area contributed by atoms with Crippen LogP contribution in [0.4, 0.5) is 0 Å². The maximum atomic E-state index is 5.68. The number of quaternary nitrogens is 2. The second kappa shape index (κ2) is 9.12. The van der Waals surface area contributed by atoms with Crippen LogP contribution in [0.3, 0.4) is 0 Å². The Morgan fingerprint density at radius 1 is 1.11 bits per heavy atom. The lowest BCUT2D eigenvalue weighted by Gasteiger charge is -2.33. The summed E-state index contributed by atoms with van der Waals surface area (Å²) in [6.45, 7) is 5.46. The third-order valence-electron chi connectivity index (χ3n) is 5.23. The molecule has 0 radical (unpaired) electrons. The van der Waals surface area contributed by atoms with Gasteiger partial charge in [-0.2, -0.15) is 0 Å². The van der Waals surface area contributed by atoms with Gasteiger partial charge in [0.2, 0.25) is 5.82 Å². The normalized spacial score (nSPS) is 21.0. The van der Waals surface area contributed by atoms with Crippen LogP contribution in [0.5, 0.6) is 11.5 Å². The lowest BCUT2D eigenvalue weighted by atomic mass is 10.0. The molecule has 1 fully saturated rings. The number of rotatable bonds is 8. The maximum absolute atomic E-state index is 5.68. The van der Waals surface area contributed by atoms with Gasteiger partial charge in [0.25, 0.3) is 0 Å². The molecule has 0 amide bonds. The molecule has 0 aliphatic carbocycles. The first-order chi connectivity index (χ1) is 13.2. The van der Waals surface area contributed by atoms with Crippen LogP contribution >= 0.6 is 0 Å². The van der Waals surface area contributed by atoms with E-state index in [1.54, 1.807) is 26.2 Å². The average Bonchev–Trinajstić information content (AvgIpc) is 3.16. The fourth-order valence-corrected chi connectivity index (χ4v) is 3.65. The van der Waals surface area contributed by atoms with Crippen molar-refractivity contribution in [3.05, 3.63) is 29.6 Å². The molecule has 0 bridgehead atoms. The van der Waals surface area contributed by atoms with E-state index in [2.05, 4.69) is 22.6 Å². The molecule has 1 aromatic heterocycles. The van der Waals surface area contributed by atoms with E-state index in [-0.39, 0.29) is 6.04 Å². The van der Waals surface area contributed by atoms with Crippen molar-refractivity contribution in [2.24, 2.45) is 0 Å². The molecular formula is C18H30N6O3+2. The molecule has 27 heavy (non-hydrogen) atoms. The summed E-state index contributed by atoms with van der Waals surface area (Å²) >= 11 is 0. The predicted octanol–water partition coefficient (Wildman–Crippen LogP) is -2.16. The van der Waals surface area contributed by atoms with Gasteiger partial charge in [0.15, 0.2) is 6.04 Å². The van der Waals surface area contributed by atoms with Crippen LogP contribution in [-0.2, 0) is 11.3 Å². The van der Waals surface area contributed by atoms with E-state index in [0.29, 0.717) is 13.2 Å². The highest BCUT2D eigenvalue weighted by Gasteiger charge is 2.36. The number of aromatic nitrogens is 4. The number of ether oxygens (including phenoxy) is 3. The Hall–Kier alpha value is -2.23. The molecule has 2 aromatic rings. The van der Waals surface area contributed by atoms with Crippen LogP contribution in [0.2, 0.25) is 0 Å². The van der Waals surface area contributed by atoms with E-state index in [1.807, 2.05) is 22.9 Å². The van der Waals surface area contributed by atoms with Crippen molar-refractivity contribution < 1.29 is 24.0 Å². The van der Waals surface area contributed by atoms with Crippen molar-refractivity contribution in [3.8, 4) is 11.5 Å². The highest BCUT2D eigenvalue weighted by atomic mass is 16.5. The van der Waals surface area contributed by atoms with Crippen molar-refractivity contribution in [2.45, 2.75) is 12.6 Å². The zero-order valence-corrected chi connectivity index (χ0v) is 16.6. The molecule has 0 unspecified atom stereocenters. The van der Waals surface area contributed by atoms with Crippen LogP contribution in [0, 0.1) is 0 Å². The predicted molar refractivity (Wildman–Crippen MR) is 98.4 cm³/mol. The molecule has 1 saturated heterocycles. The Labute approximate surface area is 159 Å². The van der Waals surface area contributed by atoms with Gasteiger partial charge in [0.1, 0.15) is 37.7 Å². The Morgan fingerprint density at radius 3 is 2.56 bits per heavy atom. The van der Waals surface area contributed by atoms with Gasteiger partial charge in [0.05, 0.1) is 40.0 Å². The third kappa shape index (κ3) is 4.37. The van der Waals surface area contributed by atoms with Gasteiger partial charge in [-0.3, -0.25) is 0 Å². The van der Waals surface area contributed by atoms with E-state index in [4.69, 9.17) is 14.2 Å². The van der Waals surface area contributed by atoms with E-state index >= 15 is 0 Å². The Kier molecular flexibility index (Phi) is 6.59. The van der Waals surface area contributed by atoms with Crippen molar-refractivity contribution in [3.63, 3.8) is 0 Å². The van der Waals surface area contributed by atoms with Gasteiger partial charge in [-0.05, 0) is 28.6 Å². The highest BCUT2D eigenvalue weighted by Crippen LogP contribution is 2.30. The molecule has 0 spiro atoms. The average molecular weight is 378 g/mol. The summed E-state index contributed by atoms with van der Waals surface area (Å²) in [5.41, 5.74) is 1.04. The van der Waals surface area contributed by atoms with Crippen LogP contribution in [0.15, 0.2) is 18.2 Å². The van der Waals surface area contributed by atoms with Crippen LogP contribution in [-0.4, -0.2) is 81.4 Å². The third-order valence-corrected chi connectivity index (χ3v) is 5.23. The summed E-state index contributed by atoms with van der Waals surface area (Å²) < 4.78 is 18.2. The molecule has 2 N–H and O–H groups in total. The number of benzene rings is 1. The number of piperazine rings is 1.